The summed E-state index contributed by atoms with van der Waals surface area (Å²) >= 11 is 0. The number of carbonyl (C=O) groups is 2. The van der Waals surface area contributed by atoms with Crippen molar-refractivity contribution in [3.63, 3.8) is 0 Å². The molecule has 9 nitrogen and oxygen atoms in total. The Morgan fingerprint density at radius 3 is 2.30 bits per heavy atom. The zero-order valence-corrected chi connectivity index (χ0v) is 25.6. The molecule has 0 saturated heterocycles. The summed E-state index contributed by atoms with van der Waals surface area (Å²) in [4.78, 5) is 29.7. The molecule has 0 bridgehead atoms. The third-order valence-electron chi connectivity index (χ3n) is 8.03. The lowest BCUT2D eigenvalue weighted by Gasteiger charge is -2.34. The lowest BCUT2D eigenvalue weighted by atomic mass is 10.0. The van der Waals surface area contributed by atoms with Crippen LogP contribution in [-0.2, 0) is 32.6 Å². The first kappa shape index (κ1) is 31.3. The van der Waals surface area contributed by atoms with Crippen LogP contribution in [0.3, 0.4) is 0 Å². The molecule has 5 rings (SSSR count). The molecule has 1 saturated carbocycles. The Bertz CT molecular complexity index is 1550. The number of nitrogens with zero attached hydrogens (tertiary/aromatic N) is 2. The van der Waals surface area contributed by atoms with E-state index in [1.165, 1.54) is 24.0 Å². The smallest absolute Gasteiger partial charge is 0.244 e. The van der Waals surface area contributed by atoms with Crippen molar-refractivity contribution >= 4 is 27.5 Å². The number of halogens is 1. The first-order valence-electron chi connectivity index (χ1n) is 15.0. The quantitative estimate of drug-likeness (QED) is 0.320. The number of rotatable bonds is 12. The number of nitrogens with one attached hydrogen (secondary N) is 1. The van der Waals surface area contributed by atoms with Crippen LogP contribution in [0.25, 0.3) is 0 Å². The van der Waals surface area contributed by atoms with E-state index < -0.39 is 34.3 Å². The van der Waals surface area contributed by atoms with E-state index >= 15 is 0 Å². The third kappa shape index (κ3) is 7.68. The van der Waals surface area contributed by atoms with Crippen molar-refractivity contribution in [2.75, 3.05) is 29.8 Å². The van der Waals surface area contributed by atoms with Crippen LogP contribution in [0.4, 0.5) is 10.1 Å². The van der Waals surface area contributed by atoms with Crippen molar-refractivity contribution in [1.29, 1.82) is 0 Å². The van der Waals surface area contributed by atoms with E-state index in [0.29, 0.717) is 30.3 Å². The van der Waals surface area contributed by atoms with Gasteiger partial charge in [0.05, 0.1) is 11.4 Å². The number of sulfonamides is 1. The SMILES string of the molecule is CCS(=O)(=O)N(CC(=O)N(Cc1ccc(F)cc1)[C@H](Cc1ccccc1)C(=O)NC1CCCC1)c1ccc2c(c1)OCCO2. The minimum Gasteiger partial charge on any atom is -0.486 e. The number of amides is 2. The van der Waals surface area contributed by atoms with E-state index in [4.69, 9.17) is 9.47 Å². The van der Waals surface area contributed by atoms with Gasteiger partial charge in [-0.15, -0.1) is 0 Å². The van der Waals surface area contributed by atoms with Gasteiger partial charge in [0.25, 0.3) is 0 Å². The van der Waals surface area contributed by atoms with E-state index in [2.05, 4.69) is 5.32 Å². The van der Waals surface area contributed by atoms with E-state index in [1.807, 2.05) is 30.3 Å². The van der Waals surface area contributed by atoms with Gasteiger partial charge in [-0.3, -0.25) is 13.9 Å². The fraction of sp³-hybridized carbons (Fsp3) is 0.394. The zero-order valence-electron chi connectivity index (χ0n) is 24.8. The van der Waals surface area contributed by atoms with Crippen LogP contribution in [0.1, 0.15) is 43.7 Å². The first-order chi connectivity index (χ1) is 21.2. The van der Waals surface area contributed by atoms with E-state index in [0.717, 1.165) is 35.6 Å². The number of hydrogen-bond acceptors (Lipinski definition) is 6. The summed E-state index contributed by atoms with van der Waals surface area (Å²) in [6, 6.07) is 18.9. The maximum absolute atomic E-state index is 14.3. The highest BCUT2D eigenvalue weighted by Crippen LogP contribution is 2.35. The number of ether oxygens (including phenoxy) is 2. The largest absolute Gasteiger partial charge is 0.486 e. The van der Waals surface area contributed by atoms with Crippen LogP contribution in [0.2, 0.25) is 0 Å². The molecule has 2 aliphatic rings. The highest BCUT2D eigenvalue weighted by atomic mass is 32.2. The number of carbonyl (C=O) groups excluding carboxylic acids is 2. The number of fused-ring (bicyclic) bond motifs is 1. The van der Waals surface area contributed by atoms with Gasteiger partial charge in [0.1, 0.15) is 31.6 Å². The minimum absolute atomic E-state index is 0.0122. The van der Waals surface area contributed by atoms with Gasteiger partial charge in [-0.1, -0.05) is 55.3 Å². The van der Waals surface area contributed by atoms with Crippen LogP contribution >= 0.6 is 0 Å². The van der Waals surface area contributed by atoms with Crippen molar-refractivity contribution in [2.24, 2.45) is 0 Å². The summed E-state index contributed by atoms with van der Waals surface area (Å²) < 4.78 is 52.9. The van der Waals surface area contributed by atoms with Gasteiger partial charge in [-0.2, -0.15) is 0 Å². The van der Waals surface area contributed by atoms with Gasteiger partial charge >= 0.3 is 0 Å². The van der Waals surface area contributed by atoms with Crippen LogP contribution < -0.4 is 19.1 Å². The first-order valence-corrected chi connectivity index (χ1v) is 16.6. The lowest BCUT2D eigenvalue weighted by molar-refractivity contribution is -0.140. The average molecular weight is 624 g/mol. The molecule has 2 amide bonds. The van der Waals surface area contributed by atoms with Crippen molar-refractivity contribution in [1.82, 2.24) is 10.2 Å². The zero-order chi connectivity index (χ0) is 31.1. The summed E-state index contributed by atoms with van der Waals surface area (Å²) in [6.45, 7) is 1.65. The van der Waals surface area contributed by atoms with Gasteiger partial charge < -0.3 is 19.7 Å². The molecule has 1 fully saturated rings. The second-order valence-corrected chi connectivity index (χ2v) is 13.3. The predicted octanol–water partition coefficient (Wildman–Crippen LogP) is 4.45. The second kappa shape index (κ2) is 14.1. The standard InChI is InChI=1S/C33H38FN3O6S/c1-2-44(40,41)37(28-16-17-30-31(21-28)43-19-18-42-30)23-32(38)36(22-25-12-14-26(34)15-13-25)29(20-24-8-4-3-5-9-24)33(39)35-27-10-6-7-11-27/h3-5,8-9,12-17,21,27,29H,2,6-7,10-11,18-20,22-23H2,1H3,(H,35,39)/t29-/m1/s1. The molecule has 44 heavy (non-hydrogen) atoms. The lowest BCUT2D eigenvalue weighted by Crippen LogP contribution is -2.54. The molecule has 1 aliphatic heterocycles. The van der Waals surface area contributed by atoms with Crippen LogP contribution in [-0.4, -0.2) is 62.7 Å². The van der Waals surface area contributed by atoms with Crippen molar-refractivity contribution in [3.8, 4) is 11.5 Å². The minimum atomic E-state index is -3.93. The Labute approximate surface area is 258 Å². The maximum atomic E-state index is 14.3. The molecule has 0 aromatic heterocycles. The van der Waals surface area contributed by atoms with E-state index in [-0.39, 0.29) is 36.4 Å². The molecule has 1 atom stereocenters. The topological polar surface area (TPSA) is 105 Å². The maximum Gasteiger partial charge on any atom is 0.244 e. The van der Waals surface area contributed by atoms with Crippen LogP contribution in [0, 0.1) is 5.82 Å². The molecule has 11 heteroatoms. The van der Waals surface area contributed by atoms with Gasteiger partial charge in [-0.05, 0) is 55.2 Å². The van der Waals surface area contributed by atoms with Gasteiger partial charge in [0.15, 0.2) is 11.5 Å². The number of anilines is 1. The molecule has 3 aromatic carbocycles. The van der Waals surface area contributed by atoms with Gasteiger partial charge in [-0.25, -0.2) is 12.8 Å². The summed E-state index contributed by atoms with van der Waals surface area (Å²) in [6.07, 6.45) is 3.99. The highest BCUT2D eigenvalue weighted by Gasteiger charge is 2.35. The highest BCUT2D eigenvalue weighted by molar-refractivity contribution is 7.92. The average Bonchev–Trinajstić information content (AvgIpc) is 3.55. The molecular formula is C33H38FN3O6S. The van der Waals surface area contributed by atoms with Crippen LogP contribution in [0.15, 0.2) is 72.8 Å². The molecule has 0 spiro atoms. The van der Waals surface area contributed by atoms with Gasteiger partial charge in [0.2, 0.25) is 21.8 Å². The van der Waals surface area contributed by atoms with Crippen molar-refractivity contribution in [3.05, 3.63) is 89.7 Å². The molecule has 1 N–H and O–H groups in total. The summed E-state index contributed by atoms with van der Waals surface area (Å²) in [5.41, 5.74) is 1.71. The van der Waals surface area contributed by atoms with Crippen LogP contribution in [0.5, 0.6) is 11.5 Å². The molecular weight excluding hydrogens is 585 g/mol. The normalized spacial score (nSPS) is 15.4. The third-order valence-corrected chi connectivity index (χ3v) is 9.77. The Balaban J connectivity index is 1.51. The van der Waals surface area contributed by atoms with E-state index in [1.54, 1.807) is 30.3 Å². The molecule has 0 radical (unpaired) electrons. The molecule has 234 valence electrons. The van der Waals surface area contributed by atoms with Crippen molar-refractivity contribution < 1.29 is 31.9 Å². The number of benzene rings is 3. The molecule has 0 unspecified atom stereocenters. The number of hydrogen-bond donors (Lipinski definition) is 1. The Morgan fingerprint density at radius 2 is 1.61 bits per heavy atom. The molecule has 1 aliphatic carbocycles. The Kier molecular flexibility index (Phi) is 10.0. The van der Waals surface area contributed by atoms with E-state index in [9.17, 15) is 22.4 Å². The Morgan fingerprint density at radius 1 is 0.932 bits per heavy atom. The fourth-order valence-electron chi connectivity index (χ4n) is 5.61. The molecule has 1 heterocycles. The predicted molar refractivity (Wildman–Crippen MR) is 166 cm³/mol. The van der Waals surface area contributed by atoms with Gasteiger partial charge in [0, 0.05) is 25.1 Å². The monoisotopic (exact) mass is 623 g/mol. The molecule has 3 aromatic rings. The summed E-state index contributed by atoms with van der Waals surface area (Å²) in [7, 11) is -3.93. The Hall–Kier alpha value is -4.12. The summed E-state index contributed by atoms with van der Waals surface area (Å²) in [5.74, 6) is -0.667. The van der Waals surface area contributed by atoms with Crippen molar-refractivity contribution in [2.45, 2.75) is 57.7 Å². The fourth-order valence-corrected chi connectivity index (χ4v) is 6.67. The second-order valence-electron chi connectivity index (χ2n) is 11.1. The summed E-state index contributed by atoms with van der Waals surface area (Å²) in [5, 5.41) is 3.13.